The number of sulfonamides is 1. The third-order valence-corrected chi connectivity index (χ3v) is 4.51. The van der Waals surface area contributed by atoms with E-state index in [0.29, 0.717) is 0 Å². The predicted molar refractivity (Wildman–Crippen MR) is 86.7 cm³/mol. The monoisotopic (exact) mass is 373 g/mol. The summed E-state index contributed by atoms with van der Waals surface area (Å²) in [6.07, 6.45) is -1.27. The number of rotatable bonds is 6. The molecule has 0 aliphatic rings. The van der Waals surface area contributed by atoms with E-state index >= 15 is 0 Å². The maximum absolute atomic E-state index is 12.1. The van der Waals surface area contributed by atoms with Crippen molar-refractivity contribution in [1.29, 1.82) is 0 Å². The molecule has 1 aromatic carbocycles. The molecule has 0 saturated carbocycles. The SMILES string of the molecule is CNC(=O)NC(=O)C(C)OC(=O)c1ccc(OC)c(S(=O)(=O)NC)c1. The van der Waals surface area contributed by atoms with Crippen LogP contribution in [0.4, 0.5) is 4.79 Å². The van der Waals surface area contributed by atoms with Gasteiger partial charge in [0.05, 0.1) is 12.7 Å². The number of carbonyl (C=O) groups is 3. The number of hydrogen-bond acceptors (Lipinski definition) is 7. The molecule has 1 atom stereocenters. The van der Waals surface area contributed by atoms with Gasteiger partial charge in [-0.1, -0.05) is 0 Å². The van der Waals surface area contributed by atoms with E-state index in [1.807, 2.05) is 5.32 Å². The van der Waals surface area contributed by atoms with Crippen molar-refractivity contribution in [3.63, 3.8) is 0 Å². The number of urea groups is 1. The van der Waals surface area contributed by atoms with Crippen molar-refractivity contribution in [1.82, 2.24) is 15.4 Å². The fraction of sp³-hybridized carbons (Fsp3) is 0.357. The largest absolute Gasteiger partial charge is 0.495 e. The van der Waals surface area contributed by atoms with Crippen molar-refractivity contribution in [3.8, 4) is 5.75 Å². The summed E-state index contributed by atoms with van der Waals surface area (Å²) in [6.45, 7) is 1.27. The van der Waals surface area contributed by atoms with Crippen LogP contribution in [0.25, 0.3) is 0 Å². The summed E-state index contributed by atoms with van der Waals surface area (Å²) >= 11 is 0. The van der Waals surface area contributed by atoms with Crippen LogP contribution in [0, 0.1) is 0 Å². The average Bonchev–Trinajstić information content (AvgIpc) is 2.60. The summed E-state index contributed by atoms with van der Waals surface area (Å²) in [7, 11) is -0.0581. The highest BCUT2D eigenvalue weighted by Gasteiger charge is 2.24. The van der Waals surface area contributed by atoms with Crippen LogP contribution in [0.2, 0.25) is 0 Å². The Hall–Kier alpha value is -2.66. The first kappa shape index (κ1) is 20.4. The highest BCUT2D eigenvalue weighted by molar-refractivity contribution is 7.89. The summed E-state index contributed by atoms with van der Waals surface area (Å²) in [5, 5.41) is 4.14. The lowest BCUT2D eigenvalue weighted by atomic mass is 10.2. The Balaban J connectivity index is 3.01. The smallest absolute Gasteiger partial charge is 0.338 e. The van der Waals surface area contributed by atoms with E-state index in [1.165, 1.54) is 40.3 Å². The molecule has 0 spiro atoms. The van der Waals surface area contributed by atoms with E-state index in [-0.39, 0.29) is 16.2 Å². The van der Waals surface area contributed by atoms with E-state index in [4.69, 9.17) is 9.47 Å². The molecule has 0 bridgehead atoms. The predicted octanol–water partition coefficient (Wildman–Crippen LogP) is -0.396. The van der Waals surface area contributed by atoms with Crippen molar-refractivity contribution < 1.29 is 32.3 Å². The van der Waals surface area contributed by atoms with Crippen molar-refractivity contribution >= 4 is 27.9 Å². The molecule has 138 valence electrons. The molecule has 0 aliphatic carbocycles. The molecule has 1 aromatic rings. The van der Waals surface area contributed by atoms with Crippen LogP contribution in [-0.2, 0) is 19.6 Å². The fourth-order valence-electron chi connectivity index (χ4n) is 1.68. The zero-order valence-electron chi connectivity index (χ0n) is 14.1. The highest BCUT2D eigenvalue weighted by atomic mass is 32.2. The van der Waals surface area contributed by atoms with E-state index in [1.54, 1.807) is 0 Å². The molecule has 10 nitrogen and oxygen atoms in total. The van der Waals surface area contributed by atoms with Gasteiger partial charge in [0.2, 0.25) is 10.0 Å². The van der Waals surface area contributed by atoms with Gasteiger partial charge in [0.25, 0.3) is 5.91 Å². The second kappa shape index (κ2) is 8.44. The lowest BCUT2D eigenvalue weighted by Crippen LogP contribution is -2.43. The van der Waals surface area contributed by atoms with Crippen LogP contribution in [0.5, 0.6) is 5.75 Å². The third kappa shape index (κ3) is 5.16. The molecule has 25 heavy (non-hydrogen) atoms. The minimum atomic E-state index is -3.88. The second-order valence-electron chi connectivity index (χ2n) is 4.69. The maximum Gasteiger partial charge on any atom is 0.338 e. The standard InChI is InChI=1S/C14H19N3O7S/c1-8(12(18)17-14(20)15-2)24-13(19)9-5-6-10(23-4)11(7-9)25(21,22)16-3/h5-8,16H,1-4H3,(H2,15,17,18,20). The van der Waals surface area contributed by atoms with E-state index in [0.717, 1.165) is 6.07 Å². The average molecular weight is 373 g/mol. The number of nitrogens with one attached hydrogen (secondary N) is 3. The van der Waals surface area contributed by atoms with Crippen molar-refractivity contribution in [2.75, 3.05) is 21.2 Å². The highest BCUT2D eigenvalue weighted by Crippen LogP contribution is 2.25. The van der Waals surface area contributed by atoms with Crippen molar-refractivity contribution in [2.45, 2.75) is 17.9 Å². The van der Waals surface area contributed by atoms with Gasteiger partial charge in [0.1, 0.15) is 10.6 Å². The Morgan fingerprint density at radius 3 is 2.32 bits per heavy atom. The Labute approximate surface area is 144 Å². The molecule has 0 aliphatic heterocycles. The Morgan fingerprint density at radius 2 is 1.80 bits per heavy atom. The molecule has 11 heteroatoms. The van der Waals surface area contributed by atoms with Crippen molar-refractivity contribution in [2.24, 2.45) is 0 Å². The summed E-state index contributed by atoms with van der Waals surface area (Å²) in [5.74, 6) is -1.73. The number of ether oxygens (including phenoxy) is 2. The lowest BCUT2D eigenvalue weighted by Gasteiger charge is -2.14. The summed E-state index contributed by atoms with van der Waals surface area (Å²) in [5.41, 5.74) is -0.103. The summed E-state index contributed by atoms with van der Waals surface area (Å²) < 4.78 is 36.0. The third-order valence-electron chi connectivity index (χ3n) is 3.07. The lowest BCUT2D eigenvalue weighted by molar-refractivity contribution is -0.127. The van der Waals surface area contributed by atoms with Gasteiger partial charge in [-0.05, 0) is 32.2 Å². The number of benzene rings is 1. The molecule has 0 aromatic heterocycles. The van der Waals surface area contributed by atoms with Gasteiger partial charge in [-0.15, -0.1) is 0 Å². The summed E-state index contributed by atoms with van der Waals surface area (Å²) in [4.78, 5) is 34.6. The number of imide groups is 1. The topological polar surface area (TPSA) is 140 Å². The number of esters is 1. The zero-order chi connectivity index (χ0) is 19.2. The normalized spacial score (nSPS) is 12.0. The molecule has 0 heterocycles. The second-order valence-corrected chi connectivity index (χ2v) is 6.54. The minimum absolute atomic E-state index is 0.0382. The Morgan fingerprint density at radius 1 is 1.16 bits per heavy atom. The first-order valence-electron chi connectivity index (χ1n) is 7.01. The first-order chi connectivity index (χ1) is 11.7. The van der Waals surface area contributed by atoms with Crippen LogP contribution in [-0.4, -0.2) is 53.6 Å². The quantitative estimate of drug-likeness (QED) is 0.577. The minimum Gasteiger partial charge on any atom is -0.495 e. The van der Waals surface area contributed by atoms with Gasteiger partial charge < -0.3 is 14.8 Å². The number of hydrogen-bond donors (Lipinski definition) is 3. The van der Waals surface area contributed by atoms with Crippen LogP contribution in [0.3, 0.4) is 0 Å². The maximum atomic E-state index is 12.1. The molecule has 3 amide bonds. The van der Waals surface area contributed by atoms with Gasteiger partial charge in [-0.3, -0.25) is 10.1 Å². The molecule has 3 N–H and O–H groups in total. The molecule has 0 fully saturated rings. The first-order valence-corrected chi connectivity index (χ1v) is 8.49. The van der Waals surface area contributed by atoms with Gasteiger partial charge >= 0.3 is 12.0 Å². The number of methoxy groups -OCH3 is 1. The van der Waals surface area contributed by atoms with E-state index in [9.17, 15) is 22.8 Å². The molecular formula is C14H19N3O7S. The van der Waals surface area contributed by atoms with Crippen LogP contribution in [0.1, 0.15) is 17.3 Å². The molecule has 1 unspecified atom stereocenters. The Kier molecular flexibility index (Phi) is 6.88. The van der Waals surface area contributed by atoms with Crippen LogP contribution < -0.4 is 20.1 Å². The molecular weight excluding hydrogens is 354 g/mol. The molecule has 0 saturated heterocycles. The van der Waals surface area contributed by atoms with Crippen molar-refractivity contribution in [3.05, 3.63) is 23.8 Å². The number of carbonyl (C=O) groups excluding carboxylic acids is 3. The fourth-order valence-corrected chi connectivity index (χ4v) is 2.60. The zero-order valence-corrected chi connectivity index (χ0v) is 14.9. The van der Waals surface area contributed by atoms with E-state index in [2.05, 4.69) is 10.0 Å². The molecule has 1 rings (SSSR count). The molecule has 0 radical (unpaired) electrons. The summed E-state index contributed by atoms with van der Waals surface area (Å²) in [6, 6.07) is 2.89. The van der Waals surface area contributed by atoms with Gasteiger partial charge in [0, 0.05) is 7.05 Å². The van der Waals surface area contributed by atoms with Crippen LogP contribution >= 0.6 is 0 Å². The van der Waals surface area contributed by atoms with Crippen LogP contribution in [0.15, 0.2) is 23.1 Å². The van der Waals surface area contributed by atoms with E-state index < -0.39 is 34.0 Å². The van der Waals surface area contributed by atoms with Gasteiger partial charge in [-0.2, -0.15) is 0 Å². The van der Waals surface area contributed by atoms with Gasteiger partial charge in [0.15, 0.2) is 6.10 Å². The van der Waals surface area contributed by atoms with Gasteiger partial charge in [-0.25, -0.2) is 22.7 Å². The number of amides is 3. The Bertz CT molecular complexity index is 777.